The number of nitrogens with one attached hydrogen (secondary N) is 2. The SMILES string of the molecule is CCCNc1cc(Nc2ccc(C#N)cc2Br)ccn1. The van der Waals surface area contributed by atoms with Crippen LogP contribution < -0.4 is 10.6 Å². The standard InChI is InChI=1S/C15H15BrN4/c1-2-6-18-15-9-12(5-7-19-15)20-14-4-3-11(10-17)8-13(14)16/h3-5,7-9H,2,6H2,1H3,(H2,18,19,20). The van der Waals surface area contributed by atoms with Gasteiger partial charge in [0.25, 0.3) is 0 Å². The van der Waals surface area contributed by atoms with Crippen LogP contribution in [0.3, 0.4) is 0 Å². The van der Waals surface area contributed by atoms with Crippen LogP contribution in [0.15, 0.2) is 41.0 Å². The first kappa shape index (κ1) is 14.4. The number of nitriles is 1. The molecular formula is C15H15BrN4. The summed E-state index contributed by atoms with van der Waals surface area (Å²) in [5.41, 5.74) is 2.49. The molecule has 0 saturated carbocycles. The van der Waals surface area contributed by atoms with E-state index in [1.807, 2.05) is 18.2 Å². The van der Waals surface area contributed by atoms with Crippen LogP contribution in [-0.2, 0) is 0 Å². The number of aromatic nitrogens is 1. The fourth-order valence-electron chi connectivity index (χ4n) is 1.70. The molecule has 0 amide bonds. The van der Waals surface area contributed by atoms with E-state index in [1.54, 1.807) is 18.3 Å². The van der Waals surface area contributed by atoms with Gasteiger partial charge in [-0.3, -0.25) is 0 Å². The number of rotatable bonds is 5. The van der Waals surface area contributed by atoms with Gasteiger partial charge in [0.15, 0.2) is 0 Å². The molecule has 20 heavy (non-hydrogen) atoms. The van der Waals surface area contributed by atoms with Gasteiger partial charge < -0.3 is 10.6 Å². The summed E-state index contributed by atoms with van der Waals surface area (Å²) in [6.45, 7) is 3.01. The molecule has 0 spiro atoms. The van der Waals surface area contributed by atoms with Crippen LogP contribution in [0.25, 0.3) is 0 Å². The Morgan fingerprint density at radius 2 is 2.15 bits per heavy atom. The van der Waals surface area contributed by atoms with Crippen molar-refractivity contribution in [3.05, 3.63) is 46.6 Å². The summed E-state index contributed by atoms with van der Waals surface area (Å²) in [5, 5.41) is 15.4. The lowest BCUT2D eigenvalue weighted by Gasteiger charge is -2.10. The Hall–Kier alpha value is -2.06. The van der Waals surface area contributed by atoms with Crippen LogP contribution >= 0.6 is 15.9 Å². The monoisotopic (exact) mass is 330 g/mol. The minimum Gasteiger partial charge on any atom is -0.370 e. The number of benzene rings is 1. The van der Waals surface area contributed by atoms with Gasteiger partial charge in [0.1, 0.15) is 5.82 Å². The van der Waals surface area contributed by atoms with Crippen molar-refractivity contribution in [1.82, 2.24) is 4.98 Å². The zero-order chi connectivity index (χ0) is 14.4. The summed E-state index contributed by atoms with van der Waals surface area (Å²) < 4.78 is 0.858. The number of anilines is 3. The van der Waals surface area contributed by atoms with Crippen LogP contribution in [-0.4, -0.2) is 11.5 Å². The number of hydrogen-bond donors (Lipinski definition) is 2. The number of nitrogens with zero attached hydrogens (tertiary/aromatic N) is 2. The summed E-state index contributed by atoms with van der Waals surface area (Å²) in [4.78, 5) is 4.26. The largest absolute Gasteiger partial charge is 0.370 e. The molecule has 1 heterocycles. The molecule has 1 aromatic carbocycles. The molecule has 0 saturated heterocycles. The summed E-state index contributed by atoms with van der Waals surface area (Å²) in [6.07, 6.45) is 2.82. The van der Waals surface area contributed by atoms with Gasteiger partial charge in [-0.25, -0.2) is 4.98 Å². The third-order valence-corrected chi connectivity index (χ3v) is 3.35. The molecular weight excluding hydrogens is 316 g/mol. The highest BCUT2D eigenvalue weighted by atomic mass is 79.9. The van der Waals surface area contributed by atoms with E-state index in [9.17, 15) is 0 Å². The van der Waals surface area contributed by atoms with Crippen molar-refractivity contribution in [2.75, 3.05) is 17.2 Å². The van der Waals surface area contributed by atoms with E-state index in [4.69, 9.17) is 5.26 Å². The summed E-state index contributed by atoms with van der Waals surface area (Å²) >= 11 is 3.46. The second-order valence-corrected chi connectivity index (χ2v) is 5.14. The summed E-state index contributed by atoms with van der Waals surface area (Å²) in [7, 11) is 0. The first-order valence-electron chi connectivity index (χ1n) is 6.39. The fourth-order valence-corrected chi connectivity index (χ4v) is 2.18. The van der Waals surface area contributed by atoms with E-state index in [0.29, 0.717) is 5.56 Å². The lowest BCUT2D eigenvalue weighted by Crippen LogP contribution is -2.02. The average Bonchev–Trinajstić information content (AvgIpc) is 2.47. The Morgan fingerprint density at radius 3 is 2.85 bits per heavy atom. The van der Waals surface area contributed by atoms with Crippen molar-refractivity contribution < 1.29 is 0 Å². The van der Waals surface area contributed by atoms with Crippen molar-refractivity contribution in [3.8, 4) is 6.07 Å². The minimum absolute atomic E-state index is 0.627. The van der Waals surface area contributed by atoms with Gasteiger partial charge in [0, 0.05) is 29.0 Å². The first-order valence-corrected chi connectivity index (χ1v) is 7.19. The predicted molar refractivity (Wildman–Crippen MR) is 85.2 cm³/mol. The Balaban J connectivity index is 2.15. The van der Waals surface area contributed by atoms with Crippen molar-refractivity contribution >= 4 is 33.1 Å². The first-order chi connectivity index (χ1) is 9.72. The molecule has 0 aliphatic carbocycles. The van der Waals surface area contributed by atoms with Gasteiger partial charge >= 0.3 is 0 Å². The molecule has 2 aromatic rings. The molecule has 2 rings (SSSR count). The van der Waals surface area contributed by atoms with Gasteiger partial charge in [-0.05, 0) is 46.6 Å². The summed E-state index contributed by atoms with van der Waals surface area (Å²) in [5.74, 6) is 0.849. The van der Waals surface area contributed by atoms with E-state index < -0.39 is 0 Å². The number of pyridine rings is 1. The molecule has 5 heteroatoms. The van der Waals surface area contributed by atoms with Gasteiger partial charge in [-0.1, -0.05) is 6.92 Å². The van der Waals surface area contributed by atoms with Crippen LogP contribution in [0.1, 0.15) is 18.9 Å². The molecule has 0 radical (unpaired) electrons. The topological polar surface area (TPSA) is 60.7 Å². The predicted octanol–water partition coefficient (Wildman–Crippen LogP) is 4.28. The lowest BCUT2D eigenvalue weighted by atomic mass is 10.2. The van der Waals surface area contributed by atoms with Crippen molar-refractivity contribution in [2.45, 2.75) is 13.3 Å². The molecule has 0 atom stereocenters. The quantitative estimate of drug-likeness (QED) is 0.858. The van der Waals surface area contributed by atoms with E-state index in [-0.39, 0.29) is 0 Å². The molecule has 1 aromatic heterocycles. The zero-order valence-electron chi connectivity index (χ0n) is 11.2. The molecule has 0 aliphatic heterocycles. The normalized spacial score (nSPS) is 9.85. The average molecular weight is 331 g/mol. The van der Waals surface area contributed by atoms with Gasteiger partial charge in [-0.2, -0.15) is 5.26 Å². The fraction of sp³-hybridized carbons (Fsp3) is 0.200. The third kappa shape index (κ3) is 3.72. The highest BCUT2D eigenvalue weighted by Gasteiger charge is 2.03. The Bertz CT molecular complexity index is 634. The minimum atomic E-state index is 0.627. The van der Waals surface area contributed by atoms with Crippen molar-refractivity contribution in [3.63, 3.8) is 0 Å². The second kappa shape index (κ2) is 6.92. The van der Waals surface area contributed by atoms with Crippen LogP contribution in [0, 0.1) is 11.3 Å². The highest BCUT2D eigenvalue weighted by molar-refractivity contribution is 9.10. The smallest absolute Gasteiger partial charge is 0.127 e. The molecule has 0 fully saturated rings. The maximum absolute atomic E-state index is 8.85. The number of halogens is 1. The van der Waals surface area contributed by atoms with Crippen LogP contribution in [0.5, 0.6) is 0 Å². The van der Waals surface area contributed by atoms with Crippen LogP contribution in [0.2, 0.25) is 0 Å². The van der Waals surface area contributed by atoms with Gasteiger partial charge in [0.05, 0.1) is 17.3 Å². The van der Waals surface area contributed by atoms with Gasteiger partial charge in [-0.15, -0.1) is 0 Å². The molecule has 2 N–H and O–H groups in total. The molecule has 102 valence electrons. The lowest BCUT2D eigenvalue weighted by molar-refractivity contribution is 0.969. The summed E-state index contributed by atoms with van der Waals surface area (Å²) in [6, 6.07) is 11.4. The van der Waals surface area contributed by atoms with Gasteiger partial charge in [0.2, 0.25) is 0 Å². The Labute approximate surface area is 127 Å². The highest BCUT2D eigenvalue weighted by Crippen LogP contribution is 2.27. The Morgan fingerprint density at radius 1 is 1.30 bits per heavy atom. The maximum Gasteiger partial charge on any atom is 0.127 e. The van der Waals surface area contributed by atoms with Crippen molar-refractivity contribution in [1.29, 1.82) is 5.26 Å². The molecule has 4 nitrogen and oxygen atoms in total. The number of hydrogen-bond acceptors (Lipinski definition) is 4. The van der Waals surface area contributed by atoms with E-state index in [0.717, 1.165) is 34.6 Å². The molecule has 0 bridgehead atoms. The van der Waals surface area contributed by atoms with Crippen molar-refractivity contribution in [2.24, 2.45) is 0 Å². The third-order valence-electron chi connectivity index (χ3n) is 2.69. The van der Waals surface area contributed by atoms with E-state index in [1.165, 1.54) is 0 Å². The molecule has 0 aliphatic rings. The Kier molecular flexibility index (Phi) is 4.97. The molecule has 0 unspecified atom stereocenters. The maximum atomic E-state index is 8.85. The van der Waals surface area contributed by atoms with Crippen LogP contribution in [0.4, 0.5) is 17.2 Å². The second-order valence-electron chi connectivity index (χ2n) is 4.29. The van der Waals surface area contributed by atoms with E-state index >= 15 is 0 Å². The van der Waals surface area contributed by atoms with E-state index in [2.05, 4.69) is 44.5 Å². The zero-order valence-corrected chi connectivity index (χ0v) is 12.7.